The van der Waals surface area contributed by atoms with Gasteiger partial charge in [-0.1, -0.05) is 104 Å². The minimum atomic E-state index is -1.12. The summed E-state index contributed by atoms with van der Waals surface area (Å²) in [6, 6.07) is 11.8. The summed E-state index contributed by atoms with van der Waals surface area (Å²) in [6.45, 7) is 13.6. The first-order valence-corrected chi connectivity index (χ1v) is 18.3. The fourth-order valence-corrected chi connectivity index (χ4v) is 6.56. The van der Waals surface area contributed by atoms with E-state index in [-0.39, 0.29) is 42.6 Å². The van der Waals surface area contributed by atoms with Gasteiger partial charge >= 0.3 is 6.03 Å². The van der Waals surface area contributed by atoms with Crippen molar-refractivity contribution in [2.45, 2.75) is 105 Å². The molecule has 1 saturated heterocycles. The molecule has 1 aliphatic carbocycles. The highest BCUT2D eigenvalue weighted by Gasteiger charge is 2.46. The lowest BCUT2D eigenvalue weighted by Gasteiger charge is -2.36. The highest BCUT2D eigenvalue weighted by molar-refractivity contribution is 6.37. The summed E-state index contributed by atoms with van der Waals surface area (Å²) in [7, 11) is 0. The molecule has 2 fully saturated rings. The first-order chi connectivity index (χ1) is 24.5. The van der Waals surface area contributed by atoms with Crippen LogP contribution >= 0.6 is 0 Å². The van der Waals surface area contributed by atoms with Crippen molar-refractivity contribution in [1.29, 1.82) is 0 Å². The number of amides is 5. The van der Waals surface area contributed by atoms with Crippen LogP contribution in [0.4, 0.5) is 4.79 Å². The van der Waals surface area contributed by atoms with Gasteiger partial charge in [-0.15, -0.1) is 0 Å². The summed E-state index contributed by atoms with van der Waals surface area (Å²) in [5.74, 6) is -2.88. The lowest BCUT2D eigenvalue weighted by molar-refractivity contribution is -0.143. The Labute approximate surface area is 307 Å². The SMILES string of the molecule is CC(C)[C@@H]1C[C@@H](C(=O)NC(CC2CC2)C(=O)C(N)=O)N(C(=O)[C@@H](NC(=O)N[C@H](C(=O)c2ccccc2OCc2ccccc2)C(C)C)C(C)(C)C)C1. The quantitative estimate of drug-likeness (QED) is 0.147. The van der Waals surface area contributed by atoms with Crippen LogP contribution in [0.5, 0.6) is 5.75 Å². The number of primary amides is 1. The molecule has 2 aromatic carbocycles. The third kappa shape index (κ3) is 10.4. The zero-order valence-electron chi connectivity index (χ0n) is 31.4. The van der Waals surface area contributed by atoms with Gasteiger partial charge in [-0.3, -0.25) is 24.0 Å². The lowest BCUT2D eigenvalue weighted by Crippen LogP contribution is -2.61. The number of hydrogen-bond donors (Lipinski definition) is 4. The van der Waals surface area contributed by atoms with Gasteiger partial charge < -0.3 is 31.3 Å². The molecule has 5 amide bonds. The number of nitrogens with two attached hydrogens (primary N) is 1. The average molecular weight is 718 g/mol. The van der Waals surface area contributed by atoms with Crippen LogP contribution in [0.2, 0.25) is 0 Å². The number of nitrogens with zero attached hydrogens (tertiary/aromatic N) is 1. The maximum Gasteiger partial charge on any atom is 0.316 e. The summed E-state index contributed by atoms with van der Waals surface area (Å²) < 4.78 is 6.03. The fraction of sp³-hybridized carbons (Fsp3) is 0.550. The average Bonchev–Trinajstić information content (AvgIpc) is 3.80. The molecular formula is C40H55N5O7. The van der Waals surface area contributed by atoms with Crippen LogP contribution in [0.3, 0.4) is 0 Å². The molecule has 1 heterocycles. The molecule has 2 aromatic rings. The Morgan fingerprint density at radius 1 is 0.885 bits per heavy atom. The van der Waals surface area contributed by atoms with Crippen molar-refractivity contribution in [2.75, 3.05) is 6.54 Å². The van der Waals surface area contributed by atoms with Gasteiger partial charge in [0, 0.05) is 6.54 Å². The van der Waals surface area contributed by atoms with E-state index in [0.717, 1.165) is 18.4 Å². The summed E-state index contributed by atoms with van der Waals surface area (Å²) in [6.07, 6.45) is 2.48. The Morgan fingerprint density at radius 3 is 2.10 bits per heavy atom. The highest BCUT2D eigenvalue weighted by atomic mass is 16.5. The first-order valence-electron chi connectivity index (χ1n) is 18.3. The van der Waals surface area contributed by atoms with E-state index in [1.807, 2.05) is 78.8 Å². The van der Waals surface area contributed by atoms with Gasteiger partial charge in [0.2, 0.25) is 17.6 Å². The number of carbonyl (C=O) groups is 6. The van der Waals surface area contributed by atoms with Crippen molar-refractivity contribution in [1.82, 2.24) is 20.9 Å². The number of rotatable bonds is 16. The van der Waals surface area contributed by atoms with Gasteiger partial charge in [0.05, 0.1) is 17.6 Å². The van der Waals surface area contributed by atoms with Crippen LogP contribution < -0.4 is 26.4 Å². The Balaban J connectivity index is 1.51. The molecule has 0 spiro atoms. The molecule has 2 aliphatic rings. The molecule has 5 N–H and O–H groups in total. The number of urea groups is 1. The molecule has 0 radical (unpaired) electrons. The number of para-hydroxylation sites is 1. The molecule has 1 unspecified atom stereocenters. The number of carbonyl (C=O) groups excluding carboxylic acids is 6. The molecule has 4 rings (SSSR count). The van der Waals surface area contributed by atoms with Crippen molar-refractivity contribution < 1.29 is 33.5 Å². The monoisotopic (exact) mass is 717 g/mol. The van der Waals surface area contributed by atoms with Gasteiger partial charge in [-0.25, -0.2) is 4.79 Å². The van der Waals surface area contributed by atoms with Crippen molar-refractivity contribution >= 4 is 35.3 Å². The summed E-state index contributed by atoms with van der Waals surface area (Å²) >= 11 is 0. The molecule has 1 saturated carbocycles. The van der Waals surface area contributed by atoms with E-state index in [9.17, 15) is 28.8 Å². The lowest BCUT2D eigenvalue weighted by atomic mass is 9.85. The highest BCUT2D eigenvalue weighted by Crippen LogP contribution is 2.35. The Bertz CT molecular complexity index is 1620. The minimum Gasteiger partial charge on any atom is -0.488 e. The Hall–Kier alpha value is -4.74. The smallest absolute Gasteiger partial charge is 0.316 e. The standard InChI is InChI=1S/C40H55N5O7/c1-23(2)27-20-30(37(49)42-29(19-25-17-18-25)34(47)36(41)48)45(21-27)38(50)35(40(5,6)7)44-39(51)43-32(24(3)4)33(46)28-15-11-12-16-31(28)52-22-26-13-9-8-10-14-26/h8-16,23-25,27,29-30,32,35H,17-22H2,1-7H3,(H2,41,48)(H,42,49)(H2,43,44,51)/t27-,29?,30+,32+,35-/m1/s1. The van der Waals surface area contributed by atoms with E-state index in [1.54, 1.807) is 24.3 Å². The van der Waals surface area contributed by atoms with Crippen LogP contribution in [0.15, 0.2) is 54.6 Å². The van der Waals surface area contributed by atoms with Gasteiger partial charge in [0.15, 0.2) is 5.78 Å². The fourth-order valence-electron chi connectivity index (χ4n) is 6.56. The van der Waals surface area contributed by atoms with Crippen LogP contribution in [0.1, 0.15) is 90.1 Å². The molecule has 1 aliphatic heterocycles. The summed E-state index contributed by atoms with van der Waals surface area (Å²) in [5.41, 5.74) is 5.77. The van der Waals surface area contributed by atoms with E-state index >= 15 is 0 Å². The van der Waals surface area contributed by atoms with E-state index in [4.69, 9.17) is 10.5 Å². The number of nitrogens with one attached hydrogen (secondary N) is 3. The number of hydrogen-bond acceptors (Lipinski definition) is 7. The summed E-state index contributed by atoms with van der Waals surface area (Å²) in [4.78, 5) is 81.8. The Kier molecular flexibility index (Phi) is 13.2. The maximum absolute atomic E-state index is 14.4. The first kappa shape index (κ1) is 40.0. The number of Topliss-reactive ketones (excluding diaryl/α,β-unsaturated/α-hetero) is 2. The molecule has 282 valence electrons. The zero-order chi connectivity index (χ0) is 38.3. The van der Waals surface area contributed by atoms with E-state index in [1.165, 1.54) is 4.90 Å². The maximum atomic E-state index is 14.4. The van der Waals surface area contributed by atoms with Crippen LogP contribution in [0.25, 0.3) is 0 Å². The van der Waals surface area contributed by atoms with E-state index in [2.05, 4.69) is 16.0 Å². The predicted molar refractivity (Wildman–Crippen MR) is 197 cm³/mol. The molecule has 52 heavy (non-hydrogen) atoms. The normalized spacial score (nSPS) is 19.1. The molecule has 12 nitrogen and oxygen atoms in total. The number of ketones is 2. The van der Waals surface area contributed by atoms with E-state index in [0.29, 0.717) is 24.2 Å². The van der Waals surface area contributed by atoms with Gasteiger partial charge in [-0.2, -0.15) is 0 Å². The topological polar surface area (TPSA) is 177 Å². The van der Waals surface area contributed by atoms with Crippen molar-refractivity contribution in [2.24, 2.45) is 34.8 Å². The molecular weight excluding hydrogens is 662 g/mol. The van der Waals surface area contributed by atoms with Crippen molar-refractivity contribution in [3.8, 4) is 5.75 Å². The van der Waals surface area contributed by atoms with E-state index < -0.39 is 59.1 Å². The zero-order valence-corrected chi connectivity index (χ0v) is 31.4. The second-order valence-corrected chi connectivity index (χ2v) is 16.0. The van der Waals surface area contributed by atoms with Crippen LogP contribution in [0, 0.1) is 29.1 Å². The Morgan fingerprint density at radius 2 is 1.52 bits per heavy atom. The molecule has 5 atom stereocenters. The third-order valence-corrected chi connectivity index (χ3v) is 10.0. The predicted octanol–water partition coefficient (Wildman–Crippen LogP) is 4.40. The second-order valence-electron chi connectivity index (χ2n) is 16.0. The third-order valence-electron chi connectivity index (χ3n) is 10.0. The van der Waals surface area contributed by atoms with Gasteiger partial charge in [-0.05, 0) is 59.6 Å². The molecule has 0 aromatic heterocycles. The van der Waals surface area contributed by atoms with Crippen LogP contribution in [-0.2, 0) is 25.8 Å². The number of likely N-dealkylation sites (tertiary alicyclic amines) is 1. The van der Waals surface area contributed by atoms with Crippen LogP contribution in [-0.4, -0.2) is 70.9 Å². The van der Waals surface area contributed by atoms with Gasteiger partial charge in [0.1, 0.15) is 24.4 Å². The molecule has 12 heteroatoms. The largest absolute Gasteiger partial charge is 0.488 e. The van der Waals surface area contributed by atoms with Crippen molar-refractivity contribution in [3.05, 3.63) is 65.7 Å². The minimum absolute atomic E-state index is 0.0185. The number of benzene rings is 2. The molecule has 0 bridgehead atoms. The second kappa shape index (κ2) is 17.2. The summed E-state index contributed by atoms with van der Waals surface area (Å²) in [5, 5.41) is 8.37. The van der Waals surface area contributed by atoms with Crippen molar-refractivity contribution in [3.63, 3.8) is 0 Å². The van der Waals surface area contributed by atoms with Gasteiger partial charge in [0.25, 0.3) is 5.91 Å². The number of ether oxygens (including phenoxy) is 1.